The first kappa shape index (κ1) is 42.1. The minimum absolute atomic E-state index is 0.357. The summed E-state index contributed by atoms with van der Waals surface area (Å²) in [5, 5.41) is 33.1. The van der Waals surface area contributed by atoms with E-state index in [4.69, 9.17) is 54.8 Å². The summed E-state index contributed by atoms with van der Waals surface area (Å²) in [5.41, 5.74) is 31.1. The fraction of sp³-hybridized carbons (Fsp3) is 0.818. The van der Waals surface area contributed by atoms with Crippen molar-refractivity contribution in [3.63, 3.8) is 0 Å². The van der Waals surface area contributed by atoms with E-state index in [1.165, 1.54) is 0 Å². The van der Waals surface area contributed by atoms with Gasteiger partial charge in [0.2, 0.25) is 0 Å². The van der Waals surface area contributed by atoms with Gasteiger partial charge in [-0.1, -0.05) is 20.3 Å². The SMILES string of the molecule is CC(C)C[C@H](N)C(=O)O.CSCC[C@H](N)C(=O)O.NCCCC[C@H](N)C(=O)O.NCCC[C@H](N)C(=O)O. The van der Waals surface area contributed by atoms with E-state index >= 15 is 0 Å². The van der Waals surface area contributed by atoms with Crippen LogP contribution in [-0.2, 0) is 19.2 Å². The van der Waals surface area contributed by atoms with Crippen LogP contribution in [0, 0.1) is 5.92 Å². The Labute approximate surface area is 223 Å². The number of thioether (sulfide) groups is 1. The van der Waals surface area contributed by atoms with Crippen LogP contribution < -0.4 is 34.4 Å². The second kappa shape index (κ2) is 28.6. The number of hydrogen-bond donors (Lipinski definition) is 10. The summed E-state index contributed by atoms with van der Waals surface area (Å²) in [7, 11) is 0. The van der Waals surface area contributed by atoms with Crippen LogP contribution >= 0.6 is 11.8 Å². The van der Waals surface area contributed by atoms with Gasteiger partial charge in [0, 0.05) is 0 Å². The van der Waals surface area contributed by atoms with E-state index in [0.717, 1.165) is 18.6 Å². The third-order valence-corrected chi connectivity index (χ3v) is 4.96. The van der Waals surface area contributed by atoms with Crippen LogP contribution in [0.2, 0.25) is 0 Å². The first-order valence-electron chi connectivity index (χ1n) is 11.9. The molecule has 0 rings (SSSR count). The van der Waals surface area contributed by atoms with Crippen LogP contribution in [0.1, 0.15) is 58.8 Å². The highest BCUT2D eigenvalue weighted by Crippen LogP contribution is 2.01. The van der Waals surface area contributed by atoms with E-state index < -0.39 is 48.0 Å². The fourth-order valence-corrected chi connectivity index (χ4v) is 2.56. The summed E-state index contributed by atoms with van der Waals surface area (Å²) in [6.45, 7) is 5.00. The molecule has 16 N–H and O–H groups in total. The van der Waals surface area contributed by atoms with Gasteiger partial charge in [0.15, 0.2) is 0 Å². The average Bonchev–Trinajstić information content (AvgIpc) is 2.81. The van der Waals surface area contributed by atoms with Crippen molar-refractivity contribution in [3.8, 4) is 0 Å². The maximum atomic E-state index is 10.1. The summed E-state index contributed by atoms with van der Waals surface area (Å²) >= 11 is 1.60. The second-order valence-corrected chi connectivity index (χ2v) is 9.39. The average molecular weight is 559 g/mol. The molecule has 0 fully saturated rings. The van der Waals surface area contributed by atoms with Crippen molar-refractivity contribution in [2.75, 3.05) is 25.1 Å². The Morgan fingerprint density at radius 2 is 0.973 bits per heavy atom. The topological polar surface area (TPSA) is 305 Å². The maximum absolute atomic E-state index is 10.1. The van der Waals surface area contributed by atoms with Crippen molar-refractivity contribution in [2.24, 2.45) is 40.3 Å². The molecule has 0 radical (unpaired) electrons. The summed E-state index contributed by atoms with van der Waals surface area (Å²) in [4.78, 5) is 40.4. The van der Waals surface area contributed by atoms with Gasteiger partial charge in [-0.15, -0.1) is 0 Å². The van der Waals surface area contributed by atoms with Crippen LogP contribution in [-0.4, -0.2) is 93.6 Å². The van der Waals surface area contributed by atoms with E-state index in [2.05, 4.69) is 0 Å². The fourth-order valence-electron chi connectivity index (χ4n) is 2.07. The molecular formula is C22H50N6O8S. The second-order valence-electron chi connectivity index (χ2n) is 8.41. The van der Waals surface area contributed by atoms with Crippen molar-refractivity contribution in [3.05, 3.63) is 0 Å². The third kappa shape index (κ3) is 36.2. The molecular weight excluding hydrogens is 508 g/mol. The molecule has 0 spiro atoms. The number of carboxylic acid groups (broad SMARTS) is 4. The van der Waals surface area contributed by atoms with Gasteiger partial charge in [-0.2, -0.15) is 11.8 Å². The molecule has 0 heterocycles. The minimum atomic E-state index is -0.955. The first-order valence-corrected chi connectivity index (χ1v) is 13.3. The van der Waals surface area contributed by atoms with E-state index in [1.807, 2.05) is 20.1 Å². The van der Waals surface area contributed by atoms with Gasteiger partial charge < -0.3 is 54.8 Å². The highest BCUT2D eigenvalue weighted by molar-refractivity contribution is 7.98. The number of hydrogen-bond acceptors (Lipinski definition) is 11. The largest absolute Gasteiger partial charge is 0.480 e. The number of nitrogens with two attached hydrogens (primary N) is 6. The zero-order valence-electron chi connectivity index (χ0n) is 22.3. The number of aliphatic carboxylic acids is 4. The number of carbonyl (C=O) groups is 4. The highest BCUT2D eigenvalue weighted by atomic mass is 32.2. The van der Waals surface area contributed by atoms with Gasteiger partial charge in [0.05, 0.1) is 0 Å². The lowest BCUT2D eigenvalue weighted by atomic mass is 10.1. The lowest BCUT2D eigenvalue weighted by Crippen LogP contribution is -2.31. The molecule has 0 aliphatic heterocycles. The van der Waals surface area contributed by atoms with Crippen molar-refractivity contribution in [2.45, 2.75) is 83.0 Å². The van der Waals surface area contributed by atoms with Crippen LogP contribution in [0.4, 0.5) is 0 Å². The zero-order valence-corrected chi connectivity index (χ0v) is 23.1. The Hall–Kier alpha value is -2.01. The highest BCUT2D eigenvalue weighted by Gasteiger charge is 2.12. The number of carboxylic acids is 4. The van der Waals surface area contributed by atoms with Crippen LogP contribution in [0.5, 0.6) is 0 Å². The number of unbranched alkanes of at least 4 members (excludes halogenated alkanes) is 1. The van der Waals surface area contributed by atoms with E-state index in [9.17, 15) is 19.2 Å². The molecule has 0 aliphatic rings. The van der Waals surface area contributed by atoms with Gasteiger partial charge in [-0.3, -0.25) is 19.2 Å². The smallest absolute Gasteiger partial charge is 0.320 e. The van der Waals surface area contributed by atoms with Gasteiger partial charge in [-0.05, 0) is 69.5 Å². The van der Waals surface area contributed by atoms with E-state index in [1.54, 1.807) is 11.8 Å². The Bertz CT molecular complexity index is 578. The van der Waals surface area contributed by atoms with Crippen LogP contribution in [0.25, 0.3) is 0 Å². The Morgan fingerprint density at radius 1 is 0.622 bits per heavy atom. The predicted molar refractivity (Wildman–Crippen MR) is 146 cm³/mol. The number of rotatable bonds is 16. The van der Waals surface area contributed by atoms with Crippen molar-refractivity contribution < 1.29 is 39.6 Å². The van der Waals surface area contributed by atoms with Crippen LogP contribution in [0.15, 0.2) is 0 Å². The lowest BCUT2D eigenvalue weighted by Gasteiger charge is -2.07. The molecule has 0 unspecified atom stereocenters. The molecule has 0 aliphatic carbocycles. The summed E-state index contributed by atoms with van der Waals surface area (Å²) < 4.78 is 0. The molecule has 0 aromatic carbocycles. The van der Waals surface area contributed by atoms with Gasteiger partial charge in [0.25, 0.3) is 0 Å². The molecule has 0 saturated carbocycles. The minimum Gasteiger partial charge on any atom is -0.480 e. The molecule has 0 aromatic rings. The van der Waals surface area contributed by atoms with Gasteiger partial charge in [0.1, 0.15) is 24.2 Å². The molecule has 4 atom stereocenters. The van der Waals surface area contributed by atoms with Crippen molar-refractivity contribution in [1.29, 1.82) is 0 Å². The molecule has 0 bridgehead atoms. The molecule has 37 heavy (non-hydrogen) atoms. The Morgan fingerprint density at radius 3 is 1.24 bits per heavy atom. The summed E-state index contributed by atoms with van der Waals surface area (Å²) in [5.74, 6) is -2.54. The molecule has 0 aromatic heterocycles. The molecule has 15 heteroatoms. The first-order chi connectivity index (χ1) is 17.1. The molecule has 0 amide bonds. The quantitative estimate of drug-likeness (QED) is 0.104. The normalized spacial score (nSPS) is 13.2. The van der Waals surface area contributed by atoms with E-state index in [-0.39, 0.29) is 0 Å². The maximum Gasteiger partial charge on any atom is 0.320 e. The molecule has 222 valence electrons. The van der Waals surface area contributed by atoms with Gasteiger partial charge >= 0.3 is 23.9 Å². The Balaban J connectivity index is -0.000000196. The Kier molecular flexibility index (Phi) is 32.5. The van der Waals surface area contributed by atoms with Crippen molar-refractivity contribution >= 4 is 35.6 Å². The lowest BCUT2D eigenvalue weighted by molar-refractivity contribution is -0.139. The summed E-state index contributed by atoms with van der Waals surface area (Å²) in [6.07, 6.45) is 6.33. The van der Waals surface area contributed by atoms with Crippen LogP contribution in [0.3, 0.4) is 0 Å². The molecule has 14 nitrogen and oxygen atoms in total. The van der Waals surface area contributed by atoms with Crippen molar-refractivity contribution in [1.82, 2.24) is 0 Å². The monoisotopic (exact) mass is 558 g/mol. The summed E-state index contributed by atoms with van der Waals surface area (Å²) in [6, 6.07) is -2.83. The van der Waals surface area contributed by atoms with E-state index in [0.29, 0.717) is 51.1 Å². The van der Waals surface area contributed by atoms with Gasteiger partial charge in [-0.25, -0.2) is 0 Å². The zero-order chi connectivity index (χ0) is 30.0. The standard InChI is InChI=1S/C6H14N2O2.C6H13NO2.C5H12N2O2.C5H11NO2S/c7-4-2-1-3-5(8)6(9)10;1-4(2)3-5(7)6(8)9;6-3-1-2-4(7)5(8)9;1-9-3-2-4(6)5(7)8/h5H,1-4,7-8H2,(H,9,10);4-5H,3,7H2,1-2H3,(H,8,9);4H,1-3,6-7H2,(H,8,9);4H,2-3,6H2,1H3,(H,7,8)/t2*5-;2*4-/m0000/s1. The predicted octanol–water partition coefficient (Wildman–Crippen LogP) is -0.740. The molecule has 0 saturated heterocycles. The third-order valence-electron chi connectivity index (χ3n) is 4.32.